The van der Waals surface area contributed by atoms with Crippen LogP contribution < -0.4 is 5.32 Å². The molecule has 1 saturated carbocycles. The zero-order valence-electron chi connectivity index (χ0n) is 9.95. The molecule has 1 amide bonds. The molecule has 0 radical (unpaired) electrons. The van der Waals surface area contributed by atoms with Gasteiger partial charge in [0.25, 0.3) is 5.91 Å². The lowest BCUT2D eigenvalue weighted by atomic mass is 10.1. The van der Waals surface area contributed by atoms with E-state index < -0.39 is 0 Å². The third-order valence-corrected chi connectivity index (χ3v) is 3.81. The molecule has 0 saturated heterocycles. The van der Waals surface area contributed by atoms with Crippen molar-refractivity contribution in [2.24, 2.45) is 5.92 Å². The van der Waals surface area contributed by atoms with Crippen molar-refractivity contribution in [3.05, 3.63) is 46.4 Å². The van der Waals surface area contributed by atoms with Crippen molar-refractivity contribution in [3.8, 4) is 0 Å². The molecule has 0 atom stereocenters. The van der Waals surface area contributed by atoms with E-state index in [1.54, 1.807) is 0 Å². The lowest BCUT2D eigenvalue weighted by Crippen LogP contribution is -2.25. The number of carbonyl (C=O) groups is 1. The van der Waals surface area contributed by atoms with Crippen LogP contribution in [0.3, 0.4) is 0 Å². The maximum Gasteiger partial charge on any atom is 0.251 e. The van der Waals surface area contributed by atoms with E-state index in [-0.39, 0.29) is 5.91 Å². The molecular weight excluding hydrogens is 290 g/mol. The Bertz CT molecular complexity index is 604. The fourth-order valence-corrected chi connectivity index (χ4v) is 2.40. The van der Waals surface area contributed by atoms with E-state index in [1.807, 2.05) is 30.3 Å². The minimum absolute atomic E-state index is 0.0340. The number of hydrogen-bond donors (Lipinski definition) is 1. The Morgan fingerprint density at radius 2 is 1.89 bits per heavy atom. The van der Waals surface area contributed by atoms with Crippen LogP contribution in [0.15, 0.2) is 40.9 Å². The van der Waals surface area contributed by atoms with Gasteiger partial charge in [0.05, 0.1) is 0 Å². The Kier molecular flexibility index (Phi) is 3.08. The Morgan fingerprint density at radius 3 is 2.67 bits per heavy atom. The summed E-state index contributed by atoms with van der Waals surface area (Å²) in [6, 6.07) is 11.9. The predicted molar refractivity (Wildman–Crippen MR) is 76.7 cm³/mol. The van der Waals surface area contributed by atoms with Crippen molar-refractivity contribution in [3.63, 3.8) is 0 Å². The monoisotopic (exact) mass is 303 g/mol. The van der Waals surface area contributed by atoms with E-state index in [2.05, 4.69) is 27.3 Å². The predicted octanol–water partition coefficient (Wildman–Crippen LogP) is 3.74. The highest BCUT2D eigenvalue weighted by Crippen LogP contribution is 2.27. The number of benzene rings is 2. The summed E-state index contributed by atoms with van der Waals surface area (Å²) in [5.41, 5.74) is 0.741. The Hall–Kier alpha value is -1.35. The van der Waals surface area contributed by atoms with Gasteiger partial charge >= 0.3 is 0 Å². The van der Waals surface area contributed by atoms with Crippen molar-refractivity contribution >= 4 is 32.6 Å². The van der Waals surface area contributed by atoms with Gasteiger partial charge in [0.15, 0.2) is 0 Å². The second-order valence-electron chi connectivity index (χ2n) is 4.86. The van der Waals surface area contributed by atoms with Gasteiger partial charge in [0.1, 0.15) is 0 Å². The van der Waals surface area contributed by atoms with Gasteiger partial charge in [-0.15, -0.1) is 0 Å². The first-order chi connectivity index (χ1) is 8.72. The van der Waals surface area contributed by atoms with Crippen LogP contribution in [0.4, 0.5) is 0 Å². The maximum absolute atomic E-state index is 12.0. The molecule has 1 aliphatic rings. The van der Waals surface area contributed by atoms with Crippen molar-refractivity contribution in [2.45, 2.75) is 12.8 Å². The first-order valence-corrected chi connectivity index (χ1v) is 6.99. The molecule has 92 valence electrons. The lowest BCUT2D eigenvalue weighted by molar-refractivity contribution is 0.0952. The van der Waals surface area contributed by atoms with Crippen molar-refractivity contribution < 1.29 is 4.79 Å². The van der Waals surface area contributed by atoms with Crippen LogP contribution in [0, 0.1) is 5.92 Å². The summed E-state index contributed by atoms with van der Waals surface area (Å²) < 4.78 is 1.06. The summed E-state index contributed by atoms with van der Waals surface area (Å²) in [4.78, 5) is 12.0. The molecule has 2 aromatic rings. The lowest BCUT2D eigenvalue weighted by Gasteiger charge is -2.05. The van der Waals surface area contributed by atoms with Gasteiger partial charge in [-0.05, 0) is 53.8 Å². The maximum atomic E-state index is 12.0. The number of nitrogens with one attached hydrogen (secondary N) is 1. The standard InChI is InChI=1S/C15H14BrNO/c16-14-6-5-11-7-13(4-3-12(11)8-14)15(18)17-9-10-1-2-10/h3-8,10H,1-2,9H2,(H,17,18). The number of halogens is 1. The average Bonchev–Trinajstić information content (AvgIpc) is 3.19. The topological polar surface area (TPSA) is 29.1 Å². The third-order valence-electron chi connectivity index (χ3n) is 3.31. The van der Waals surface area contributed by atoms with Crippen LogP contribution in [0.1, 0.15) is 23.2 Å². The fourth-order valence-electron chi connectivity index (χ4n) is 2.02. The SMILES string of the molecule is O=C(NCC1CC1)c1ccc2cc(Br)ccc2c1. The summed E-state index contributed by atoms with van der Waals surface area (Å²) in [6.45, 7) is 0.817. The van der Waals surface area contributed by atoms with Gasteiger partial charge in [-0.1, -0.05) is 28.1 Å². The number of rotatable bonds is 3. The molecule has 0 spiro atoms. The summed E-state index contributed by atoms with van der Waals surface area (Å²) in [6.07, 6.45) is 2.51. The molecule has 2 nitrogen and oxygen atoms in total. The largest absolute Gasteiger partial charge is 0.352 e. The molecule has 1 N–H and O–H groups in total. The third kappa shape index (κ3) is 2.56. The molecular formula is C15H14BrNO. The van der Waals surface area contributed by atoms with Gasteiger partial charge in [-0.3, -0.25) is 4.79 Å². The van der Waals surface area contributed by atoms with Gasteiger partial charge in [0, 0.05) is 16.6 Å². The molecule has 0 aliphatic heterocycles. The number of fused-ring (bicyclic) bond motifs is 1. The highest BCUT2D eigenvalue weighted by Gasteiger charge is 2.21. The summed E-state index contributed by atoms with van der Waals surface area (Å²) >= 11 is 3.45. The molecule has 3 heteroatoms. The molecule has 1 fully saturated rings. The second-order valence-corrected chi connectivity index (χ2v) is 5.78. The zero-order valence-corrected chi connectivity index (χ0v) is 11.5. The fraction of sp³-hybridized carbons (Fsp3) is 0.267. The minimum Gasteiger partial charge on any atom is -0.352 e. The highest BCUT2D eigenvalue weighted by atomic mass is 79.9. The van der Waals surface area contributed by atoms with Crippen LogP contribution in [0.2, 0.25) is 0 Å². The zero-order chi connectivity index (χ0) is 12.5. The first-order valence-electron chi connectivity index (χ1n) is 6.20. The van der Waals surface area contributed by atoms with Crippen molar-refractivity contribution in [1.29, 1.82) is 0 Å². The molecule has 18 heavy (non-hydrogen) atoms. The Morgan fingerprint density at radius 1 is 1.17 bits per heavy atom. The normalized spacial score (nSPS) is 14.7. The van der Waals surface area contributed by atoms with Crippen LogP contribution in [-0.2, 0) is 0 Å². The van der Waals surface area contributed by atoms with E-state index in [0.717, 1.165) is 27.4 Å². The highest BCUT2D eigenvalue weighted by molar-refractivity contribution is 9.10. The van der Waals surface area contributed by atoms with Crippen LogP contribution in [0.5, 0.6) is 0 Å². The summed E-state index contributed by atoms with van der Waals surface area (Å²) in [7, 11) is 0. The van der Waals surface area contributed by atoms with E-state index in [0.29, 0.717) is 5.92 Å². The Balaban J connectivity index is 1.82. The van der Waals surface area contributed by atoms with Crippen LogP contribution in [0.25, 0.3) is 10.8 Å². The van der Waals surface area contributed by atoms with E-state index in [9.17, 15) is 4.79 Å². The second kappa shape index (κ2) is 4.73. The smallest absolute Gasteiger partial charge is 0.251 e. The summed E-state index contributed by atoms with van der Waals surface area (Å²) in [5, 5.41) is 5.23. The van der Waals surface area contributed by atoms with Crippen molar-refractivity contribution in [1.82, 2.24) is 5.32 Å². The van der Waals surface area contributed by atoms with Gasteiger partial charge in [0.2, 0.25) is 0 Å². The van der Waals surface area contributed by atoms with Crippen LogP contribution >= 0.6 is 15.9 Å². The molecule has 1 aliphatic carbocycles. The van der Waals surface area contributed by atoms with E-state index >= 15 is 0 Å². The molecule has 3 rings (SSSR count). The number of hydrogen-bond acceptors (Lipinski definition) is 1. The molecule has 0 unspecified atom stereocenters. The summed E-state index contributed by atoms with van der Waals surface area (Å²) in [5.74, 6) is 0.747. The van der Waals surface area contributed by atoms with Crippen molar-refractivity contribution in [2.75, 3.05) is 6.54 Å². The minimum atomic E-state index is 0.0340. The number of amides is 1. The van der Waals surface area contributed by atoms with Gasteiger partial charge < -0.3 is 5.32 Å². The van der Waals surface area contributed by atoms with Gasteiger partial charge in [-0.25, -0.2) is 0 Å². The number of carbonyl (C=O) groups excluding carboxylic acids is 1. The quantitative estimate of drug-likeness (QED) is 0.919. The molecule has 2 aromatic carbocycles. The average molecular weight is 304 g/mol. The molecule has 0 heterocycles. The van der Waals surface area contributed by atoms with Crippen LogP contribution in [-0.4, -0.2) is 12.5 Å². The van der Waals surface area contributed by atoms with E-state index in [1.165, 1.54) is 12.8 Å². The molecule has 0 bridgehead atoms. The van der Waals surface area contributed by atoms with E-state index in [4.69, 9.17) is 0 Å². The Labute approximate surface area is 115 Å². The first kappa shape index (κ1) is 11.7. The molecule has 0 aromatic heterocycles. The van der Waals surface area contributed by atoms with Gasteiger partial charge in [-0.2, -0.15) is 0 Å².